The van der Waals surface area contributed by atoms with Crippen LogP contribution in [0.1, 0.15) is 23.6 Å². The van der Waals surface area contributed by atoms with E-state index >= 15 is 0 Å². The lowest BCUT2D eigenvalue weighted by atomic mass is 10.00. The van der Waals surface area contributed by atoms with Gasteiger partial charge in [0, 0.05) is 43.3 Å². The van der Waals surface area contributed by atoms with Crippen LogP contribution in [0.2, 0.25) is 0 Å². The Kier molecular flexibility index (Phi) is 8.49. The molecule has 0 saturated heterocycles. The van der Waals surface area contributed by atoms with E-state index in [4.69, 9.17) is 0 Å². The van der Waals surface area contributed by atoms with E-state index in [9.17, 15) is 9.18 Å². The highest BCUT2D eigenvalue weighted by Crippen LogP contribution is 2.20. The summed E-state index contributed by atoms with van der Waals surface area (Å²) in [5, 5.41) is 7.35. The van der Waals surface area contributed by atoms with Gasteiger partial charge in [-0.25, -0.2) is 9.38 Å². The molecule has 0 spiro atoms. The zero-order chi connectivity index (χ0) is 21.6. The number of carbonyl (C=O) groups excluding carboxylic acids is 1. The first-order valence-corrected chi connectivity index (χ1v) is 10.8. The van der Waals surface area contributed by atoms with Crippen molar-refractivity contribution in [2.45, 2.75) is 26.3 Å². The third kappa shape index (κ3) is 5.79. The Hall–Kier alpha value is -2.62. The molecule has 1 aromatic heterocycles. The molecule has 32 heavy (non-hydrogen) atoms. The standard InChI is InChI=1S/C24H28FN5O.HI/c1-2-26-24(27-11-9-18-14-28-22-8-7-20(25)13-21(18)22)29-15-23(31)30-12-10-17-5-3-4-6-19(17)16-30;/h3-8,13-14,28H,2,9-12,15-16H2,1H3,(H2,26,27,29);1H. The van der Waals surface area contributed by atoms with Crippen molar-refractivity contribution >= 4 is 46.7 Å². The molecule has 4 rings (SSSR count). The molecule has 2 aromatic carbocycles. The molecular weight excluding hydrogens is 520 g/mol. The number of benzene rings is 2. The second-order valence-electron chi connectivity index (χ2n) is 7.71. The minimum absolute atomic E-state index is 0. The number of hydrogen-bond acceptors (Lipinski definition) is 2. The minimum Gasteiger partial charge on any atom is -0.361 e. The third-order valence-corrected chi connectivity index (χ3v) is 5.62. The van der Waals surface area contributed by atoms with Gasteiger partial charge in [-0.2, -0.15) is 0 Å². The fourth-order valence-electron chi connectivity index (χ4n) is 3.97. The Labute approximate surface area is 204 Å². The average Bonchev–Trinajstić information content (AvgIpc) is 3.19. The molecule has 1 amide bonds. The number of aromatic amines is 1. The zero-order valence-electron chi connectivity index (χ0n) is 18.2. The van der Waals surface area contributed by atoms with Crippen molar-refractivity contribution < 1.29 is 9.18 Å². The molecule has 6 nitrogen and oxygen atoms in total. The summed E-state index contributed by atoms with van der Waals surface area (Å²) in [4.78, 5) is 22.2. The van der Waals surface area contributed by atoms with Gasteiger partial charge in [0.1, 0.15) is 12.4 Å². The van der Waals surface area contributed by atoms with Crippen molar-refractivity contribution in [3.63, 3.8) is 0 Å². The summed E-state index contributed by atoms with van der Waals surface area (Å²) in [6.45, 7) is 4.80. The second-order valence-corrected chi connectivity index (χ2v) is 7.71. The number of carbonyl (C=O) groups is 1. The van der Waals surface area contributed by atoms with Crippen molar-refractivity contribution in [3.8, 4) is 0 Å². The maximum absolute atomic E-state index is 13.6. The van der Waals surface area contributed by atoms with Crippen LogP contribution in [0, 0.1) is 5.82 Å². The molecule has 1 aliphatic heterocycles. The monoisotopic (exact) mass is 549 g/mol. The van der Waals surface area contributed by atoms with E-state index in [0.717, 1.165) is 29.4 Å². The molecule has 0 radical (unpaired) electrons. The Morgan fingerprint density at radius 1 is 1.19 bits per heavy atom. The molecule has 0 bridgehead atoms. The molecule has 0 aliphatic carbocycles. The van der Waals surface area contributed by atoms with Gasteiger partial charge in [-0.05, 0) is 54.7 Å². The number of aliphatic imine (C=N–C) groups is 1. The van der Waals surface area contributed by atoms with Crippen LogP contribution in [0.3, 0.4) is 0 Å². The molecule has 0 atom stereocenters. The molecule has 1 aliphatic rings. The lowest BCUT2D eigenvalue weighted by Gasteiger charge is -2.28. The number of H-pyrrole nitrogens is 1. The highest BCUT2D eigenvalue weighted by molar-refractivity contribution is 14.0. The zero-order valence-corrected chi connectivity index (χ0v) is 20.5. The number of fused-ring (bicyclic) bond motifs is 2. The number of hydrogen-bond donors (Lipinski definition) is 3. The van der Waals surface area contributed by atoms with E-state index < -0.39 is 0 Å². The first-order valence-electron chi connectivity index (χ1n) is 10.8. The largest absolute Gasteiger partial charge is 0.361 e. The quantitative estimate of drug-likeness (QED) is 0.250. The van der Waals surface area contributed by atoms with Gasteiger partial charge in [0.2, 0.25) is 5.91 Å². The van der Waals surface area contributed by atoms with E-state index in [2.05, 4.69) is 32.7 Å². The van der Waals surface area contributed by atoms with Crippen molar-refractivity contribution in [3.05, 3.63) is 71.2 Å². The highest BCUT2D eigenvalue weighted by atomic mass is 127. The summed E-state index contributed by atoms with van der Waals surface area (Å²) in [6, 6.07) is 13.0. The molecule has 0 fully saturated rings. The molecule has 0 saturated carbocycles. The normalized spacial score (nSPS) is 13.4. The van der Waals surface area contributed by atoms with E-state index in [1.54, 1.807) is 12.1 Å². The topological polar surface area (TPSA) is 72.5 Å². The number of guanidine groups is 1. The van der Waals surface area contributed by atoms with Crippen molar-refractivity contribution in [2.24, 2.45) is 4.99 Å². The summed E-state index contributed by atoms with van der Waals surface area (Å²) in [6.07, 6.45) is 3.51. The minimum atomic E-state index is -0.241. The lowest BCUT2D eigenvalue weighted by molar-refractivity contribution is -0.130. The van der Waals surface area contributed by atoms with Crippen molar-refractivity contribution in [1.82, 2.24) is 20.5 Å². The Bertz CT molecular complexity index is 1100. The maximum atomic E-state index is 13.6. The Morgan fingerprint density at radius 3 is 2.81 bits per heavy atom. The number of halogens is 2. The Morgan fingerprint density at radius 2 is 2.00 bits per heavy atom. The van der Waals surface area contributed by atoms with Crippen LogP contribution < -0.4 is 10.6 Å². The van der Waals surface area contributed by atoms with Crippen LogP contribution in [0.25, 0.3) is 10.9 Å². The van der Waals surface area contributed by atoms with Crippen LogP contribution in [-0.2, 0) is 24.2 Å². The molecule has 3 aromatic rings. The summed E-state index contributed by atoms with van der Waals surface area (Å²) >= 11 is 0. The summed E-state index contributed by atoms with van der Waals surface area (Å²) in [7, 11) is 0. The van der Waals surface area contributed by atoms with Gasteiger partial charge >= 0.3 is 0 Å². The van der Waals surface area contributed by atoms with E-state index in [1.165, 1.54) is 17.2 Å². The van der Waals surface area contributed by atoms with Gasteiger partial charge in [-0.3, -0.25) is 4.79 Å². The molecule has 170 valence electrons. The van der Waals surface area contributed by atoms with Crippen molar-refractivity contribution in [1.29, 1.82) is 0 Å². The third-order valence-electron chi connectivity index (χ3n) is 5.62. The predicted molar refractivity (Wildman–Crippen MR) is 137 cm³/mol. The van der Waals surface area contributed by atoms with Crippen LogP contribution in [0.4, 0.5) is 4.39 Å². The predicted octanol–water partition coefficient (Wildman–Crippen LogP) is 3.61. The molecular formula is C24H29FIN5O. The molecule has 2 heterocycles. The van der Waals surface area contributed by atoms with Crippen molar-refractivity contribution in [2.75, 3.05) is 26.2 Å². The van der Waals surface area contributed by atoms with Crippen LogP contribution in [-0.4, -0.2) is 47.9 Å². The van der Waals surface area contributed by atoms with Gasteiger partial charge < -0.3 is 20.5 Å². The molecule has 8 heteroatoms. The van der Waals surface area contributed by atoms with Gasteiger partial charge in [-0.1, -0.05) is 24.3 Å². The van der Waals surface area contributed by atoms with E-state index in [1.807, 2.05) is 30.2 Å². The lowest BCUT2D eigenvalue weighted by Crippen LogP contribution is -2.41. The van der Waals surface area contributed by atoms with E-state index in [0.29, 0.717) is 32.0 Å². The van der Waals surface area contributed by atoms with Crippen LogP contribution >= 0.6 is 24.0 Å². The summed E-state index contributed by atoms with van der Waals surface area (Å²) < 4.78 is 13.6. The second kappa shape index (κ2) is 11.3. The first-order chi connectivity index (χ1) is 15.1. The van der Waals surface area contributed by atoms with Crippen LogP contribution in [0.5, 0.6) is 0 Å². The number of nitrogens with zero attached hydrogens (tertiary/aromatic N) is 2. The van der Waals surface area contributed by atoms with Gasteiger partial charge in [0.05, 0.1) is 0 Å². The maximum Gasteiger partial charge on any atom is 0.244 e. The Balaban J connectivity index is 0.00000289. The van der Waals surface area contributed by atoms with Crippen LogP contribution in [0.15, 0.2) is 53.7 Å². The smallest absolute Gasteiger partial charge is 0.244 e. The fourth-order valence-corrected chi connectivity index (χ4v) is 3.97. The average molecular weight is 549 g/mol. The van der Waals surface area contributed by atoms with Gasteiger partial charge in [0.25, 0.3) is 0 Å². The van der Waals surface area contributed by atoms with E-state index in [-0.39, 0.29) is 42.2 Å². The number of nitrogens with one attached hydrogen (secondary N) is 3. The SMILES string of the molecule is CCNC(=NCC(=O)N1CCc2ccccc2C1)NCCc1c[nH]c2ccc(F)cc12.I. The summed E-state index contributed by atoms with van der Waals surface area (Å²) in [5.74, 6) is 0.396. The summed E-state index contributed by atoms with van der Waals surface area (Å²) in [5.41, 5.74) is 4.50. The molecule has 3 N–H and O–H groups in total. The van der Waals surface area contributed by atoms with Gasteiger partial charge in [-0.15, -0.1) is 24.0 Å². The van der Waals surface area contributed by atoms with Gasteiger partial charge in [0.15, 0.2) is 5.96 Å². The highest BCUT2D eigenvalue weighted by Gasteiger charge is 2.20. The fraction of sp³-hybridized carbons (Fsp3) is 0.333. The number of rotatable bonds is 6. The molecule has 0 unspecified atom stereocenters. The number of aromatic nitrogens is 1. The number of amides is 1. The first kappa shape index (κ1) is 24.0.